The molecule has 52 nitrogen and oxygen atoms in total. The van der Waals surface area contributed by atoms with Crippen molar-refractivity contribution in [3.05, 3.63) is 59.7 Å². The molecule has 1 saturated heterocycles. The lowest BCUT2D eigenvalue weighted by Crippen LogP contribution is -2.62. The van der Waals surface area contributed by atoms with E-state index in [9.17, 15) is 146 Å². The molecule has 0 saturated carbocycles. The molecule has 0 aromatic heterocycles. The van der Waals surface area contributed by atoms with Gasteiger partial charge >= 0.3 is 11.9 Å². The number of nitrogens with zero attached hydrogens (tertiary/aromatic N) is 1. The number of carbonyl (C=O) groups is 23. The average molecular weight is 2050 g/mol. The van der Waals surface area contributed by atoms with E-state index >= 15 is 0 Å². The van der Waals surface area contributed by atoms with E-state index < -0.39 is 344 Å². The predicted octanol–water partition coefficient (Wildman–Crippen LogP) is -13.3. The van der Waals surface area contributed by atoms with E-state index in [4.69, 9.17) is 22.9 Å². The highest BCUT2D eigenvalue weighted by Gasteiger charge is 2.43. The minimum absolute atomic E-state index is 0.0476. The Kier molecular flexibility index (Phi) is 51.9. The van der Waals surface area contributed by atoms with Crippen molar-refractivity contribution >= 4 is 212 Å². The lowest BCUT2D eigenvalue weighted by molar-refractivity contribution is -0.143. The minimum Gasteiger partial charge on any atom is -0.508 e. The molecule has 2 aromatic rings. The van der Waals surface area contributed by atoms with Gasteiger partial charge in [0.25, 0.3) is 0 Å². The smallest absolute Gasteiger partial charge is 0.326 e. The van der Waals surface area contributed by atoms with E-state index in [0.29, 0.717) is 5.56 Å². The number of nitrogens with one attached hydrogen (secondary N) is 17. The van der Waals surface area contributed by atoms with Crippen molar-refractivity contribution in [2.24, 2.45) is 28.9 Å². The minimum atomic E-state index is -2.01. The highest BCUT2D eigenvalue weighted by molar-refractivity contribution is 7.81. The third-order valence-electron chi connectivity index (χ3n) is 20.1. The van der Waals surface area contributed by atoms with Crippen LogP contribution in [0.4, 0.5) is 0 Å². The molecule has 3 rings (SSSR count). The number of aliphatic hydroxyl groups is 3. The van der Waals surface area contributed by atoms with Gasteiger partial charge in [-0.1, -0.05) is 38.1 Å². The molecular formula is C79H118N22O30S6. The maximum Gasteiger partial charge on any atom is 0.326 e. The Hall–Kier alpha value is -12.2. The van der Waals surface area contributed by atoms with Gasteiger partial charge in [0.1, 0.15) is 114 Å². The van der Waals surface area contributed by atoms with Crippen LogP contribution < -0.4 is 113 Å². The van der Waals surface area contributed by atoms with E-state index in [1.54, 1.807) is 13.8 Å². The van der Waals surface area contributed by atoms with Crippen molar-refractivity contribution in [3.63, 3.8) is 0 Å². The van der Waals surface area contributed by atoms with E-state index in [2.05, 4.69) is 156 Å². The summed E-state index contributed by atoms with van der Waals surface area (Å²) in [5.41, 5.74) is 22.2. The Balaban J connectivity index is 1.74. The number of nitrogens with two attached hydrogens (primary N) is 4. The van der Waals surface area contributed by atoms with Crippen molar-refractivity contribution < 1.29 is 146 Å². The molecule has 1 fully saturated rings. The molecule has 0 spiro atoms. The van der Waals surface area contributed by atoms with Crippen LogP contribution in [0.25, 0.3) is 0 Å². The molecule has 760 valence electrons. The summed E-state index contributed by atoms with van der Waals surface area (Å²) < 4.78 is 0. The van der Waals surface area contributed by atoms with E-state index in [0.717, 1.165) is 11.8 Å². The summed E-state index contributed by atoms with van der Waals surface area (Å²) in [6, 6.07) is -20.0. The van der Waals surface area contributed by atoms with Crippen LogP contribution in [0, 0.1) is 5.92 Å². The Morgan fingerprint density at radius 3 is 1.15 bits per heavy atom. The van der Waals surface area contributed by atoms with Crippen molar-refractivity contribution in [3.8, 4) is 11.5 Å². The van der Waals surface area contributed by atoms with Crippen molar-refractivity contribution in [2.75, 3.05) is 60.8 Å². The van der Waals surface area contributed by atoms with Crippen LogP contribution in [0.3, 0.4) is 0 Å². The second-order valence-electron chi connectivity index (χ2n) is 31.5. The molecule has 1 aliphatic heterocycles. The molecule has 0 bridgehead atoms. The van der Waals surface area contributed by atoms with Gasteiger partial charge in [-0.2, -0.15) is 75.8 Å². The summed E-state index contributed by atoms with van der Waals surface area (Å²) in [6.45, 7) is 2.16. The number of rotatable bonds is 60. The molecule has 137 heavy (non-hydrogen) atoms. The number of phenolic OH excluding ortho intramolecular Hbond substituents is 2. The van der Waals surface area contributed by atoms with E-state index in [1.165, 1.54) is 55.5 Å². The van der Waals surface area contributed by atoms with Gasteiger partial charge in [0.05, 0.1) is 51.2 Å². The van der Waals surface area contributed by atoms with Gasteiger partial charge in [-0.15, -0.1) is 0 Å². The second kappa shape index (κ2) is 59.7. The van der Waals surface area contributed by atoms with Crippen molar-refractivity contribution in [2.45, 2.75) is 207 Å². The van der Waals surface area contributed by atoms with Crippen LogP contribution in [-0.4, -0.2) is 352 Å². The molecule has 2 aromatic carbocycles. The Bertz CT molecular complexity index is 4630. The SMILES string of the molecule is CC(C)C[C@H](NC(=O)[C@H](CCC(=O)O)NC(=O)[C@H](CS)NC(=O)[C@H](CS)NC(=O)[C@H](Cc1ccc(O)cc1)NC(=O)[C@H](CC(N)=O)NC(=O)[C@H](CO)NC(=O)[C@H](CO)NC(=O)[C@@H](N)CC(N)=O)C(=O)N[C@@H](CS)C(=O)N[C@@H](CS)C(=O)N[C@@H](CC(N)=O)C(=O)N1CCC[C@H]1C(=O)N[C@@H](C)C(=O)N[C@@H](CS)C(=O)N[C@H](C(=O)NCC(=O)N[C@@H](CS)C(=O)N[C@@H](Cc1ccc(O)cc1)C(=O)O)[C@@H](C)O. The lowest BCUT2D eigenvalue weighted by atomic mass is 10.0. The highest BCUT2D eigenvalue weighted by Crippen LogP contribution is 2.21. The van der Waals surface area contributed by atoms with Gasteiger partial charge in [0, 0.05) is 60.3 Å². The van der Waals surface area contributed by atoms with Gasteiger partial charge < -0.3 is 154 Å². The van der Waals surface area contributed by atoms with Crippen LogP contribution >= 0.6 is 75.8 Å². The maximum atomic E-state index is 14.4. The molecule has 21 amide bonds. The number of hydrogen-bond donors (Lipinski definition) is 34. The van der Waals surface area contributed by atoms with Crippen molar-refractivity contribution in [1.29, 1.82) is 0 Å². The number of thiol groups is 6. The zero-order valence-corrected chi connectivity index (χ0v) is 79.6. The summed E-state index contributed by atoms with van der Waals surface area (Å²) in [7, 11) is 0. The number of aromatic hydroxyl groups is 2. The van der Waals surface area contributed by atoms with Gasteiger partial charge in [-0.05, 0) is 80.8 Å². The monoisotopic (exact) mass is 2050 g/mol. The fourth-order valence-electron chi connectivity index (χ4n) is 12.7. The Morgan fingerprint density at radius 2 is 0.730 bits per heavy atom. The average Bonchev–Trinajstić information content (AvgIpc) is 1.68. The van der Waals surface area contributed by atoms with Crippen LogP contribution in [0.5, 0.6) is 11.5 Å². The number of carbonyl (C=O) groups excluding carboxylic acids is 21. The normalized spacial score (nSPS) is 16.1. The number of likely N-dealkylation sites (tertiary alicyclic amines) is 1. The fourth-order valence-corrected chi connectivity index (χ4v) is 14.2. The van der Waals surface area contributed by atoms with Crippen LogP contribution in [0.1, 0.15) is 90.2 Å². The standard InChI is InChI=1S/C79H118N22O30S6/c1-33(2)18-42(88-64(115)41(15-16-60(111)112)87-71(122)50(28-133)98-74(125)53(31-136)97-66(117)43(19-36-7-11-38(105)12-8-36)89-67(118)44(22-57(82)108)90-68(119)48(26-103)94-69(120)47(25-102)93-63(114)40(80)21-56(81)107)65(116)96-52(30-135)73(124)99-51(29-134)72(123)91-45(23-58(83)109)78(129)101-17-5-6-55(101)76(127)85-34(3)62(113)95-54(32-137)75(126)100-61(35(4)104)77(128)84-24-59(110)86-49(27-132)70(121)92-46(79(130)131)20-37-9-13-39(106)14-10-37/h7-14,33-35,40-55,61,102-106,132-137H,5-6,15-32,80H2,1-4H3,(H2,81,107)(H2,82,108)(H2,83,109)(H,84,128)(H,85,127)(H,86,110)(H,87,122)(H,88,115)(H,89,118)(H,90,119)(H,91,123)(H,92,121)(H,93,114)(H,94,120)(H,95,113)(H,96,116)(H,97,117)(H,98,125)(H,99,124)(H,100,126)(H,111,112)(H,130,131)/t34-,35+,40-,41-,42-,43-,44-,45-,46-,47-,48-,49-,50-,51-,52-,53-,54-,55-,61-/m0/s1. The molecular weight excluding hydrogens is 1930 g/mol. The summed E-state index contributed by atoms with van der Waals surface area (Å²) in [4.78, 5) is 308. The zero-order chi connectivity index (χ0) is 104. The number of primary amides is 3. The number of carboxylic acid groups (broad SMARTS) is 2. The first kappa shape index (κ1) is 119. The molecule has 0 unspecified atom stereocenters. The number of amides is 21. The number of hydrogen-bond acceptors (Lipinski definition) is 35. The van der Waals surface area contributed by atoms with Crippen LogP contribution in [-0.2, 0) is 123 Å². The van der Waals surface area contributed by atoms with Crippen molar-refractivity contribution in [1.82, 2.24) is 95.3 Å². The number of aliphatic carboxylic acids is 2. The lowest BCUT2D eigenvalue weighted by Gasteiger charge is -2.30. The summed E-state index contributed by atoms with van der Waals surface area (Å²) >= 11 is 24.9. The fraction of sp³-hybridized carbons (Fsp3) is 0.557. The van der Waals surface area contributed by atoms with Crippen LogP contribution in [0.15, 0.2) is 48.5 Å². The molecule has 1 heterocycles. The Morgan fingerprint density at radius 1 is 0.394 bits per heavy atom. The van der Waals surface area contributed by atoms with Crippen LogP contribution in [0.2, 0.25) is 0 Å². The second-order valence-corrected chi connectivity index (χ2v) is 33.7. The van der Waals surface area contributed by atoms with Gasteiger partial charge in [0.15, 0.2) is 0 Å². The largest absolute Gasteiger partial charge is 0.508 e. The first-order valence-electron chi connectivity index (χ1n) is 42.0. The third-order valence-corrected chi connectivity index (χ3v) is 22.2. The molecule has 0 radical (unpaired) electrons. The van der Waals surface area contributed by atoms with E-state index in [-0.39, 0.29) is 55.0 Å². The topological polar surface area (TPSA) is 846 Å². The summed E-state index contributed by atoms with van der Waals surface area (Å²) in [6.07, 6.45) is -6.52. The summed E-state index contributed by atoms with van der Waals surface area (Å²) in [5.74, 6) is -30.6. The summed E-state index contributed by atoms with van der Waals surface area (Å²) in [5, 5.41) is 108. The molecule has 58 heteroatoms. The van der Waals surface area contributed by atoms with Gasteiger partial charge in [-0.25, -0.2) is 4.79 Å². The number of aliphatic hydroxyl groups excluding tert-OH is 3. The molecule has 19 atom stereocenters. The Labute approximate surface area is 816 Å². The zero-order valence-electron chi connectivity index (χ0n) is 74.3. The number of phenols is 2. The third kappa shape index (κ3) is 40.9. The number of benzene rings is 2. The van der Waals surface area contributed by atoms with E-state index in [1.807, 2.05) is 10.6 Å². The molecule has 0 aliphatic carbocycles. The number of carboxylic acids is 2. The quantitative estimate of drug-likeness (QED) is 0.0274. The first-order chi connectivity index (χ1) is 64.4. The van der Waals surface area contributed by atoms with Gasteiger partial charge in [0.2, 0.25) is 124 Å². The molecule has 1 aliphatic rings. The molecule has 32 N–H and O–H groups in total. The van der Waals surface area contributed by atoms with Gasteiger partial charge in [-0.3, -0.25) is 105 Å². The first-order valence-corrected chi connectivity index (χ1v) is 45.8. The maximum absolute atomic E-state index is 14.4. The predicted molar refractivity (Wildman–Crippen MR) is 500 cm³/mol. The highest BCUT2D eigenvalue weighted by atomic mass is 32.1.